The van der Waals surface area contributed by atoms with Gasteiger partial charge in [0, 0.05) is 36.1 Å². The molecule has 0 aliphatic rings. The Hall–Kier alpha value is -1.36. The second-order valence-electron chi connectivity index (χ2n) is 5.23. The van der Waals surface area contributed by atoms with Gasteiger partial charge in [0.2, 0.25) is 11.8 Å². The largest absolute Gasteiger partial charge is 0.354 e. The average molecular weight is 355 g/mol. The molecule has 1 N–H and O–H groups in total. The van der Waals surface area contributed by atoms with Gasteiger partial charge in [-0.2, -0.15) is 0 Å². The number of nitrogens with zero attached hydrogens (tertiary/aromatic N) is 1. The van der Waals surface area contributed by atoms with E-state index in [1.54, 1.807) is 4.90 Å². The van der Waals surface area contributed by atoms with Gasteiger partial charge in [-0.3, -0.25) is 9.59 Å². The number of rotatable bonds is 6. The van der Waals surface area contributed by atoms with Crippen LogP contribution in [0.5, 0.6) is 0 Å². The van der Waals surface area contributed by atoms with Crippen LogP contribution in [0.2, 0.25) is 0 Å². The fourth-order valence-corrected chi connectivity index (χ4v) is 2.51. The van der Waals surface area contributed by atoms with E-state index in [1.807, 2.05) is 39.0 Å². The zero-order valence-corrected chi connectivity index (χ0v) is 14.7. The molecule has 21 heavy (non-hydrogen) atoms. The lowest BCUT2D eigenvalue weighted by molar-refractivity contribution is -0.121. The number of anilines is 1. The number of carbonyl (C=O) groups excluding carboxylic acids is 2. The minimum Gasteiger partial charge on any atom is -0.354 e. The summed E-state index contributed by atoms with van der Waals surface area (Å²) in [5.74, 6) is -0.0814. The normalized spacial score (nSPS) is 11.9. The maximum atomic E-state index is 11.9. The molecule has 1 unspecified atom stereocenters. The first-order chi connectivity index (χ1) is 9.85. The predicted octanol–water partition coefficient (Wildman–Crippen LogP) is 3.42. The number of aryl methyl sites for hydroxylation is 1. The summed E-state index contributed by atoms with van der Waals surface area (Å²) >= 11 is 3.41. The Bertz CT molecular complexity index is 517. The fourth-order valence-electron chi connectivity index (χ4n) is 2.03. The van der Waals surface area contributed by atoms with Crippen LogP contribution in [0.1, 0.15) is 39.2 Å². The first-order valence-electron chi connectivity index (χ1n) is 7.18. The van der Waals surface area contributed by atoms with Gasteiger partial charge in [-0.25, -0.2) is 0 Å². The lowest BCUT2D eigenvalue weighted by Crippen LogP contribution is -2.37. The first-order valence-corrected chi connectivity index (χ1v) is 7.98. The van der Waals surface area contributed by atoms with Gasteiger partial charge < -0.3 is 10.2 Å². The van der Waals surface area contributed by atoms with Crippen LogP contribution in [0.25, 0.3) is 0 Å². The highest BCUT2D eigenvalue weighted by Gasteiger charge is 2.16. The summed E-state index contributed by atoms with van der Waals surface area (Å²) in [5, 5.41) is 2.91. The summed E-state index contributed by atoms with van der Waals surface area (Å²) in [5.41, 5.74) is 1.85. The molecular formula is C16H23BrN2O2. The van der Waals surface area contributed by atoms with Crippen LogP contribution in [0.3, 0.4) is 0 Å². The standard InChI is InChI=1S/C16H23BrN2O2/c1-5-12(3)18-16(21)8-9-19(13(4)20)15-7-6-14(17)10-11(15)2/h6-7,10,12H,5,8-9H2,1-4H3,(H,18,21). The SMILES string of the molecule is CCC(C)NC(=O)CCN(C(C)=O)c1ccc(Br)cc1C. The van der Waals surface area contributed by atoms with E-state index in [4.69, 9.17) is 0 Å². The Morgan fingerprint density at radius 2 is 2.05 bits per heavy atom. The molecule has 4 nitrogen and oxygen atoms in total. The van der Waals surface area contributed by atoms with E-state index in [-0.39, 0.29) is 17.9 Å². The Morgan fingerprint density at radius 3 is 2.57 bits per heavy atom. The van der Waals surface area contributed by atoms with Gasteiger partial charge in [0.15, 0.2) is 0 Å². The summed E-state index contributed by atoms with van der Waals surface area (Å²) in [6.07, 6.45) is 1.20. The van der Waals surface area contributed by atoms with Crippen LogP contribution in [0, 0.1) is 6.92 Å². The highest BCUT2D eigenvalue weighted by atomic mass is 79.9. The lowest BCUT2D eigenvalue weighted by atomic mass is 10.1. The minimum atomic E-state index is -0.0586. The van der Waals surface area contributed by atoms with E-state index >= 15 is 0 Å². The van der Waals surface area contributed by atoms with Crippen LogP contribution in [-0.2, 0) is 9.59 Å². The van der Waals surface area contributed by atoms with Crippen LogP contribution in [-0.4, -0.2) is 24.4 Å². The molecule has 0 spiro atoms. The van der Waals surface area contributed by atoms with Crippen molar-refractivity contribution < 1.29 is 9.59 Å². The van der Waals surface area contributed by atoms with Gasteiger partial charge >= 0.3 is 0 Å². The topological polar surface area (TPSA) is 49.4 Å². The molecule has 2 amide bonds. The molecule has 0 aliphatic carbocycles. The molecule has 1 rings (SSSR count). The first kappa shape index (κ1) is 17.7. The Labute approximate surface area is 135 Å². The Morgan fingerprint density at radius 1 is 1.38 bits per heavy atom. The van der Waals surface area contributed by atoms with E-state index in [1.165, 1.54) is 6.92 Å². The molecule has 1 aromatic carbocycles. The molecule has 5 heteroatoms. The van der Waals surface area contributed by atoms with Crippen molar-refractivity contribution in [3.8, 4) is 0 Å². The fraction of sp³-hybridized carbons (Fsp3) is 0.500. The van der Waals surface area contributed by atoms with Crippen molar-refractivity contribution >= 4 is 33.4 Å². The maximum Gasteiger partial charge on any atom is 0.223 e. The number of benzene rings is 1. The average Bonchev–Trinajstić information content (AvgIpc) is 2.40. The summed E-state index contributed by atoms with van der Waals surface area (Å²) in [6.45, 7) is 7.86. The van der Waals surface area contributed by atoms with Crippen LogP contribution in [0.15, 0.2) is 22.7 Å². The molecule has 0 aliphatic heterocycles. The Kier molecular flexibility index (Phi) is 6.89. The maximum absolute atomic E-state index is 11.9. The molecule has 0 aromatic heterocycles. The molecule has 0 saturated carbocycles. The summed E-state index contributed by atoms with van der Waals surface area (Å²) in [6, 6.07) is 5.92. The third-order valence-corrected chi connectivity index (χ3v) is 3.91. The van der Waals surface area contributed by atoms with Crippen molar-refractivity contribution in [3.05, 3.63) is 28.2 Å². The third-order valence-electron chi connectivity index (χ3n) is 3.41. The molecule has 0 heterocycles. The number of carbonyl (C=O) groups is 2. The van der Waals surface area contributed by atoms with Gasteiger partial charge in [0.25, 0.3) is 0 Å². The van der Waals surface area contributed by atoms with Crippen molar-refractivity contribution in [3.63, 3.8) is 0 Å². The van der Waals surface area contributed by atoms with E-state index in [2.05, 4.69) is 21.2 Å². The number of hydrogen-bond donors (Lipinski definition) is 1. The highest BCUT2D eigenvalue weighted by Crippen LogP contribution is 2.24. The highest BCUT2D eigenvalue weighted by molar-refractivity contribution is 9.10. The van der Waals surface area contributed by atoms with Crippen molar-refractivity contribution in [1.29, 1.82) is 0 Å². The molecule has 0 fully saturated rings. The van der Waals surface area contributed by atoms with E-state index in [0.717, 1.165) is 22.1 Å². The Balaban J connectivity index is 2.75. The monoisotopic (exact) mass is 354 g/mol. The molecule has 0 radical (unpaired) electrons. The van der Waals surface area contributed by atoms with E-state index < -0.39 is 0 Å². The van der Waals surface area contributed by atoms with Crippen LogP contribution >= 0.6 is 15.9 Å². The summed E-state index contributed by atoms with van der Waals surface area (Å²) < 4.78 is 0.974. The summed E-state index contributed by atoms with van der Waals surface area (Å²) in [7, 11) is 0. The van der Waals surface area contributed by atoms with Crippen LogP contribution in [0.4, 0.5) is 5.69 Å². The quantitative estimate of drug-likeness (QED) is 0.850. The van der Waals surface area contributed by atoms with Crippen molar-refractivity contribution in [1.82, 2.24) is 5.32 Å². The zero-order chi connectivity index (χ0) is 16.0. The van der Waals surface area contributed by atoms with E-state index in [0.29, 0.717) is 13.0 Å². The number of hydrogen-bond acceptors (Lipinski definition) is 2. The van der Waals surface area contributed by atoms with Gasteiger partial charge in [0.1, 0.15) is 0 Å². The van der Waals surface area contributed by atoms with Gasteiger partial charge in [0.05, 0.1) is 0 Å². The molecule has 116 valence electrons. The van der Waals surface area contributed by atoms with Gasteiger partial charge in [-0.1, -0.05) is 22.9 Å². The van der Waals surface area contributed by atoms with Crippen LogP contribution < -0.4 is 10.2 Å². The summed E-state index contributed by atoms with van der Waals surface area (Å²) in [4.78, 5) is 25.4. The van der Waals surface area contributed by atoms with Crippen molar-refractivity contribution in [2.24, 2.45) is 0 Å². The number of halogens is 1. The lowest BCUT2D eigenvalue weighted by Gasteiger charge is -2.23. The molecule has 0 bridgehead atoms. The second-order valence-corrected chi connectivity index (χ2v) is 6.14. The predicted molar refractivity (Wildman–Crippen MR) is 89.4 cm³/mol. The molecular weight excluding hydrogens is 332 g/mol. The minimum absolute atomic E-state index is 0.0228. The van der Waals surface area contributed by atoms with Crippen molar-refractivity contribution in [2.45, 2.75) is 46.6 Å². The number of nitrogens with one attached hydrogen (secondary N) is 1. The second kappa shape index (κ2) is 8.17. The molecule has 1 aromatic rings. The smallest absolute Gasteiger partial charge is 0.223 e. The van der Waals surface area contributed by atoms with Gasteiger partial charge in [-0.15, -0.1) is 0 Å². The van der Waals surface area contributed by atoms with Crippen molar-refractivity contribution in [2.75, 3.05) is 11.4 Å². The molecule has 0 saturated heterocycles. The molecule has 1 atom stereocenters. The zero-order valence-electron chi connectivity index (χ0n) is 13.1. The number of amides is 2. The van der Waals surface area contributed by atoms with Gasteiger partial charge in [-0.05, 0) is 44.0 Å². The van der Waals surface area contributed by atoms with E-state index in [9.17, 15) is 9.59 Å². The third kappa shape index (κ3) is 5.50.